The Labute approximate surface area is 163 Å². The molecular weight excluding hydrogens is 364 g/mol. The van der Waals surface area contributed by atoms with Gasteiger partial charge in [-0.2, -0.15) is 0 Å². The third-order valence-corrected chi connectivity index (χ3v) is 8.07. The van der Waals surface area contributed by atoms with E-state index in [2.05, 4.69) is 17.6 Å². The molecule has 2 aliphatic heterocycles. The maximum atomic E-state index is 11.7. The molecule has 8 heteroatoms. The smallest absolute Gasteiger partial charge is 0.222 e. The Balaban J connectivity index is 1.64. The van der Waals surface area contributed by atoms with Gasteiger partial charge in [0.15, 0.2) is 15.8 Å². The molecule has 4 atom stereocenters. The molecule has 2 heterocycles. The summed E-state index contributed by atoms with van der Waals surface area (Å²) >= 11 is 0. The average molecular weight is 399 g/mol. The van der Waals surface area contributed by atoms with Crippen molar-refractivity contribution in [1.29, 1.82) is 0 Å². The van der Waals surface area contributed by atoms with Crippen molar-refractivity contribution in [2.45, 2.75) is 64.0 Å². The number of sulfone groups is 1. The van der Waals surface area contributed by atoms with Crippen molar-refractivity contribution in [3.8, 4) is 0 Å². The first-order chi connectivity index (χ1) is 12.8. The number of piperidine rings is 1. The van der Waals surface area contributed by atoms with Crippen LogP contribution in [0.2, 0.25) is 0 Å². The van der Waals surface area contributed by atoms with Gasteiger partial charge in [0.1, 0.15) is 0 Å². The number of hydrogen-bond donors (Lipinski definition) is 2. The summed E-state index contributed by atoms with van der Waals surface area (Å²) in [6.45, 7) is 3.50. The fourth-order valence-corrected chi connectivity index (χ4v) is 6.25. The van der Waals surface area contributed by atoms with Crippen LogP contribution < -0.4 is 10.6 Å². The van der Waals surface area contributed by atoms with E-state index in [-0.39, 0.29) is 23.6 Å². The average Bonchev–Trinajstić information content (AvgIpc) is 2.97. The summed E-state index contributed by atoms with van der Waals surface area (Å²) in [4.78, 5) is 18.3. The van der Waals surface area contributed by atoms with E-state index in [0.29, 0.717) is 43.6 Å². The number of nitrogens with zero attached hydrogens (tertiary/aromatic N) is 2. The monoisotopic (exact) mass is 398 g/mol. The predicted octanol–water partition coefficient (Wildman–Crippen LogP) is 1.16. The summed E-state index contributed by atoms with van der Waals surface area (Å²) < 4.78 is 23.4. The first-order valence-corrected chi connectivity index (χ1v) is 12.2. The Morgan fingerprint density at radius 2 is 1.96 bits per heavy atom. The molecule has 154 valence electrons. The zero-order valence-corrected chi connectivity index (χ0v) is 17.4. The molecule has 0 aromatic heterocycles. The molecule has 0 aromatic carbocycles. The predicted molar refractivity (Wildman–Crippen MR) is 107 cm³/mol. The SMILES string of the molecule is CC1CCCCC1NC(=NCC1CCS(=O)(=O)C1)NC1CCC(=O)N(C)C1. The summed E-state index contributed by atoms with van der Waals surface area (Å²) in [6, 6.07) is 0.588. The largest absolute Gasteiger partial charge is 0.353 e. The molecular formula is C19H34N4O3S. The number of aliphatic imine (C=N–C) groups is 1. The minimum absolute atomic E-state index is 0.119. The van der Waals surface area contributed by atoms with Gasteiger partial charge < -0.3 is 15.5 Å². The maximum Gasteiger partial charge on any atom is 0.222 e. The molecule has 0 radical (unpaired) electrons. The Hall–Kier alpha value is -1.31. The van der Waals surface area contributed by atoms with Crippen LogP contribution in [0.15, 0.2) is 4.99 Å². The fraction of sp³-hybridized carbons (Fsp3) is 0.895. The summed E-state index contributed by atoms with van der Waals surface area (Å²) in [5.74, 6) is 2.24. The lowest BCUT2D eigenvalue weighted by Crippen LogP contribution is -2.54. The van der Waals surface area contributed by atoms with Gasteiger partial charge >= 0.3 is 0 Å². The Kier molecular flexibility index (Phi) is 6.65. The molecule has 2 saturated heterocycles. The Bertz CT molecular complexity index is 664. The van der Waals surface area contributed by atoms with E-state index in [1.165, 1.54) is 19.3 Å². The lowest BCUT2D eigenvalue weighted by Gasteiger charge is -2.34. The highest BCUT2D eigenvalue weighted by atomic mass is 32.2. The first-order valence-electron chi connectivity index (χ1n) is 10.3. The summed E-state index contributed by atoms with van der Waals surface area (Å²) in [7, 11) is -1.03. The van der Waals surface area contributed by atoms with Crippen LogP contribution in [-0.4, -0.2) is 68.9 Å². The third-order valence-electron chi connectivity index (χ3n) is 6.24. The lowest BCUT2D eigenvalue weighted by molar-refractivity contribution is -0.132. The molecule has 1 saturated carbocycles. The van der Waals surface area contributed by atoms with Crippen molar-refractivity contribution in [1.82, 2.24) is 15.5 Å². The van der Waals surface area contributed by atoms with Gasteiger partial charge in [0, 0.05) is 38.6 Å². The van der Waals surface area contributed by atoms with Crippen molar-refractivity contribution in [2.75, 3.05) is 31.6 Å². The second-order valence-electron chi connectivity index (χ2n) is 8.63. The molecule has 4 unspecified atom stereocenters. The van der Waals surface area contributed by atoms with Gasteiger partial charge in [0.05, 0.1) is 11.5 Å². The van der Waals surface area contributed by atoms with E-state index in [1.807, 2.05) is 7.05 Å². The highest BCUT2D eigenvalue weighted by Crippen LogP contribution is 2.24. The van der Waals surface area contributed by atoms with E-state index >= 15 is 0 Å². The number of rotatable bonds is 4. The second-order valence-corrected chi connectivity index (χ2v) is 10.9. The lowest BCUT2D eigenvalue weighted by atomic mass is 9.86. The highest BCUT2D eigenvalue weighted by molar-refractivity contribution is 7.91. The number of guanidine groups is 1. The van der Waals surface area contributed by atoms with Crippen LogP contribution in [0.5, 0.6) is 0 Å². The number of likely N-dealkylation sites (tertiary alicyclic amines) is 1. The van der Waals surface area contributed by atoms with Crippen molar-refractivity contribution in [3.63, 3.8) is 0 Å². The molecule has 3 aliphatic rings. The van der Waals surface area contributed by atoms with Crippen LogP contribution in [0, 0.1) is 11.8 Å². The van der Waals surface area contributed by atoms with Gasteiger partial charge in [0.25, 0.3) is 0 Å². The topological polar surface area (TPSA) is 90.9 Å². The Morgan fingerprint density at radius 3 is 2.63 bits per heavy atom. The number of amides is 1. The van der Waals surface area contributed by atoms with E-state index in [1.54, 1.807) is 4.90 Å². The van der Waals surface area contributed by atoms with Gasteiger partial charge in [-0.3, -0.25) is 9.79 Å². The Morgan fingerprint density at radius 1 is 1.19 bits per heavy atom. The van der Waals surface area contributed by atoms with Crippen LogP contribution >= 0.6 is 0 Å². The van der Waals surface area contributed by atoms with E-state index < -0.39 is 9.84 Å². The van der Waals surface area contributed by atoms with Gasteiger partial charge in [-0.05, 0) is 37.5 Å². The molecule has 3 fully saturated rings. The molecule has 0 spiro atoms. The van der Waals surface area contributed by atoms with E-state index in [4.69, 9.17) is 4.99 Å². The van der Waals surface area contributed by atoms with Gasteiger partial charge in [-0.15, -0.1) is 0 Å². The molecule has 0 bridgehead atoms. The summed E-state index contributed by atoms with van der Waals surface area (Å²) in [5.41, 5.74) is 0. The van der Waals surface area contributed by atoms with Gasteiger partial charge in [-0.1, -0.05) is 19.8 Å². The van der Waals surface area contributed by atoms with Gasteiger partial charge in [-0.25, -0.2) is 8.42 Å². The number of carbonyl (C=O) groups excluding carboxylic acids is 1. The minimum atomic E-state index is -2.87. The molecule has 7 nitrogen and oxygen atoms in total. The van der Waals surface area contributed by atoms with E-state index in [0.717, 1.165) is 18.8 Å². The molecule has 1 aliphatic carbocycles. The zero-order chi connectivity index (χ0) is 19.4. The maximum absolute atomic E-state index is 11.7. The van der Waals surface area contributed by atoms with Crippen molar-refractivity contribution in [3.05, 3.63) is 0 Å². The molecule has 3 rings (SSSR count). The van der Waals surface area contributed by atoms with Crippen molar-refractivity contribution in [2.24, 2.45) is 16.8 Å². The molecule has 1 amide bonds. The molecule has 0 aromatic rings. The van der Waals surface area contributed by atoms with Crippen LogP contribution in [-0.2, 0) is 14.6 Å². The first kappa shape index (κ1) is 20.4. The van der Waals surface area contributed by atoms with Crippen molar-refractivity contribution >= 4 is 21.7 Å². The van der Waals surface area contributed by atoms with E-state index in [9.17, 15) is 13.2 Å². The molecule has 27 heavy (non-hydrogen) atoms. The molecule has 2 N–H and O–H groups in total. The number of carbonyl (C=O) groups is 1. The number of nitrogens with one attached hydrogen (secondary N) is 2. The summed E-state index contributed by atoms with van der Waals surface area (Å²) in [5, 5.41) is 7.12. The van der Waals surface area contributed by atoms with Gasteiger partial charge in [0.2, 0.25) is 5.91 Å². The standard InChI is InChI=1S/C19H34N4O3S/c1-14-5-3-4-6-17(14)22-19(20-11-15-9-10-27(25,26)13-15)21-16-7-8-18(24)23(2)12-16/h14-17H,3-13H2,1-2H3,(H2,20,21,22). The highest BCUT2D eigenvalue weighted by Gasteiger charge is 2.29. The third kappa shape index (κ3) is 5.83. The van der Waals surface area contributed by atoms with Crippen LogP contribution in [0.25, 0.3) is 0 Å². The zero-order valence-electron chi connectivity index (χ0n) is 16.6. The second kappa shape index (κ2) is 8.80. The minimum Gasteiger partial charge on any atom is -0.353 e. The number of likely N-dealkylation sites (N-methyl/N-ethyl adjacent to an activating group) is 1. The number of hydrogen-bond acceptors (Lipinski definition) is 4. The summed E-state index contributed by atoms with van der Waals surface area (Å²) in [6.07, 6.45) is 6.96. The van der Waals surface area contributed by atoms with Crippen LogP contribution in [0.3, 0.4) is 0 Å². The van der Waals surface area contributed by atoms with Crippen LogP contribution in [0.1, 0.15) is 51.9 Å². The van der Waals surface area contributed by atoms with Crippen molar-refractivity contribution < 1.29 is 13.2 Å². The van der Waals surface area contributed by atoms with Crippen LogP contribution in [0.4, 0.5) is 0 Å². The quantitative estimate of drug-likeness (QED) is 0.548. The fourth-order valence-electron chi connectivity index (χ4n) is 4.40. The normalized spacial score (nSPS) is 34.5.